The third kappa shape index (κ3) is 3.81. The predicted molar refractivity (Wildman–Crippen MR) is 59.4 cm³/mol. The molecule has 0 fully saturated rings. The van der Waals surface area contributed by atoms with E-state index < -0.39 is 12.1 Å². The molecular weight excluding hydrogens is 208 g/mol. The molecule has 0 radical (unpaired) electrons. The van der Waals surface area contributed by atoms with Crippen molar-refractivity contribution < 1.29 is 19.4 Å². The SMILES string of the molecule is CC(C)OC(=O)C(C)Oc1ccc(O)cc1. The van der Waals surface area contributed by atoms with Crippen molar-refractivity contribution in [3.8, 4) is 11.5 Å². The molecule has 0 aliphatic rings. The molecule has 1 unspecified atom stereocenters. The third-order valence-electron chi connectivity index (χ3n) is 1.83. The number of aromatic hydroxyl groups is 1. The van der Waals surface area contributed by atoms with E-state index >= 15 is 0 Å². The van der Waals surface area contributed by atoms with Crippen LogP contribution in [-0.2, 0) is 9.53 Å². The van der Waals surface area contributed by atoms with E-state index in [1.54, 1.807) is 32.9 Å². The molecule has 0 aromatic heterocycles. The molecule has 16 heavy (non-hydrogen) atoms. The zero-order valence-corrected chi connectivity index (χ0v) is 9.64. The average Bonchev–Trinajstić information content (AvgIpc) is 2.20. The van der Waals surface area contributed by atoms with Crippen LogP contribution in [0, 0.1) is 0 Å². The highest BCUT2D eigenvalue weighted by atomic mass is 16.6. The summed E-state index contributed by atoms with van der Waals surface area (Å²) in [4.78, 5) is 11.4. The van der Waals surface area contributed by atoms with Crippen LogP contribution in [0.1, 0.15) is 20.8 Å². The number of esters is 1. The molecule has 0 heterocycles. The Hall–Kier alpha value is -1.71. The van der Waals surface area contributed by atoms with Crippen LogP contribution < -0.4 is 4.74 Å². The van der Waals surface area contributed by atoms with Crippen LogP contribution in [-0.4, -0.2) is 23.3 Å². The summed E-state index contributed by atoms with van der Waals surface area (Å²) in [5.74, 6) is 0.277. The minimum atomic E-state index is -0.660. The quantitative estimate of drug-likeness (QED) is 0.796. The van der Waals surface area contributed by atoms with Gasteiger partial charge in [0, 0.05) is 0 Å². The van der Waals surface area contributed by atoms with Crippen LogP contribution in [0.3, 0.4) is 0 Å². The van der Waals surface area contributed by atoms with Gasteiger partial charge in [0.2, 0.25) is 0 Å². The second-order valence-corrected chi connectivity index (χ2v) is 3.74. The van der Waals surface area contributed by atoms with Gasteiger partial charge in [-0.2, -0.15) is 0 Å². The zero-order valence-electron chi connectivity index (χ0n) is 9.64. The Kier molecular flexibility index (Phi) is 4.17. The van der Waals surface area contributed by atoms with Crippen LogP contribution in [0.5, 0.6) is 11.5 Å². The number of benzene rings is 1. The van der Waals surface area contributed by atoms with Gasteiger partial charge in [-0.05, 0) is 45.0 Å². The number of rotatable bonds is 4. The number of hydrogen-bond acceptors (Lipinski definition) is 4. The van der Waals surface area contributed by atoms with Crippen LogP contribution in [0.2, 0.25) is 0 Å². The monoisotopic (exact) mass is 224 g/mol. The fourth-order valence-electron chi connectivity index (χ4n) is 1.11. The number of hydrogen-bond donors (Lipinski definition) is 1. The Morgan fingerprint density at radius 3 is 2.25 bits per heavy atom. The summed E-state index contributed by atoms with van der Waals surface area (Å²) in [6.45, 7) is 5.19. The molecule has 0 saturated carbocycles. The van der Waals surface area contributed by atoms with Gasteiger partial charge in [-0.25, -0.2) is 4.79 Å². The molecule has 0 amide bonds. The Morgan fingerprint density at radius 2 is 1.75 bits per heavy atom. The molecule has 1 N–H and O–H groups in total. The second-order valence-electron chi connectivity index (χ2n) is 3.74. The van der Waals surface area contributed by atoms with E-state index in [1.807, 2.05) is 0 Å². The maximum Gasteiger partial charge on any atom is 0.347 e. The first-order chi connectivity index (χ1) is 7.49. The Bertz CT molecular complexity index is 343. The molecule has 0 aliphatic carbocycles. The van der Waals surface area contributed by atoms with Gasteiger partial charge in [0.05, 0.1) is 6.10 Å². The molecule has 0 bridgehead atoms. The summed E-state index contributed by atoms with van der Waals surface area (Å²) in [5.41, 5.74) is 0. The molecular formula is C12H16O4. The first-order valence-electron chi connectivity index (χ1n) is 5.15. The van der Waals surface area contributed by atoms with Gasteiger partial charge in [-0.15, -0.1) is 0 Å². The van der Waals surface area contributed by atoms with Gasteiger partial charge < -0.3 is 14.6 Å². The fourth-order valence-corrected chi connectivity index (χ4v) is 1.11. The molecule has 1 atom stereocenters. The van der Waals surface area contributed by atoms with E-state index in [0.717, 1.165) is 0 Å². The molecule has 1 aromatic carbocycles. The summed E-state index contributed by atoms with van der Waals surface area (Å²) >= 11 is 0. The average molecular weight is 224 g/mol. The molecule has 0 saturated heterocycles. The van der Waals surface area contributed by atoms with Crippen molar-refractivity contribution in [3.63, 3.8) is 0 Å². The van der Waals surface area contributed by atoms with E-state index in [2.05, 4.69) is 0 Å². The van der Waals surface area contributed by atoms with Crippen molar-refractivity contribution in [2.45, 2.75) is 33.0 Å². The second kappa shape index (κ2) is 5.39. The minimum absolute atomic E-state index is 0.154. The van der Waals surface area contributed by atoms with Gasteiger partial charge in [-0.3, -0.25) is 0 Å². The smallest absolute Gasteiger partial charge is 0.347 e. The molecule has 0 aliphatic heterocycles. The lowest BCUT2D eigenvalue weighted by Gasteiger charge is -2.15. The lowest BCUT2D eigenvalue weighted by atomic mass is 10.3. The van der Waals surface area contributed by atoms with Crippen molar-refractivity contribution >= 4 is 5.97 Å². The molecule has 1 aromatic rings. The van der Waals surface area contributed by atoms with Crippen molar-refractivity contribution in [3.05, 3.63) is 24.3 Å². The number of phenolic OH excluding ortho intramolecular Hbond substituents is 1. The largest absolute Gasteiger partial charge is 0.508 e. The van der Waals surface area contributed by atoms with Gasteiger partial charge in [0.15, 0.2) is 6.10 Å². The molecule has 1 rings (SSSR count). The van der Waals surface area contributed by atoms with Crippen LogP contribution in [0.25, 0.3) is 0 Å². The highest BCUT2D eigenvalue weighted by molar-refractivity contribution is 5.74. The molecule has 88 valence electrons. The molecule has 4 nitrogen and oxygen atoms in total. The van der Waals surface area contributed by atoms with Gasteiger partial charge >= 0.3 is 5.97 Å². The summed E-state index contributed by atoms with van der Waals surface area (Å²) < 4.78 is 10.3. The van der Waals surface area contributed by atoms with Crippen LogP contribution >= 0.6 is 0 Å². The topological polar surface area (TPSA) is 55.8 Å². The highest BCUT2D eigenvalue weighted by Gasteiger charge is 2.17. The van der Waals surface area contributed by atoms with Gasteiger partial charge in [0.25, 0.3) is 0 Å². The third-order valence-corrected chi connectivity index (χ3v) is 1.83. The Morgan fingerprint density at radius 1 is 1.19 bits per heavy atom. The fraction of sp³-hybridized carbons (Fsp3) is 0.417. The summed E-state index contributed by atoms with van der Waals surface area (Å²) in [7, 11) is 0. The van der Waals surface area contributed by atoms with Crippen molar-refractivity contribution in [1.82, 2.24) is 0 Å². The van der Waals surface area contributed by atoms with Gasteiger partial charge in [0.1, 0.15) is 11.5 Å². The zero-order chi connectivity index (χ0) is 12.1. The van der Waals surface area contributed by atoms with E-state index in [-0.39, 0.29) is 11.9 Å². The lowest BCUT2D eigenvalue weighted by Crippen LogP contribution is -2.28. The van der Waals surface area contributed by atoms with E-state index in [0.29, 0.717) is 5.75 Å². The predicted octanol–water partition coefficient (Wildman–Crippen LogP) is 2.11. The van der Waals surface area contributed by atoms with E-state index in [9.17, 15) is 4.79 Å². The van der Waals surface area contributed by atoms with Crippen molar-refractivity contribution in [1.29, 1.82) is 0 Å². The standard InChI is InChI=1S/C12H16O4/c1-8(2)15-12(14)9(3)16-11-6-4-10(13)5-7-11/h4-9,13H,1-3H3. The van der Waals surface area contributed by atoms with Crippen LogP contribution in [0.15, 0.2) is 24.3 Å². The maximum absolute atomic E-state index is 11.4. The number of ether oxygens (including phenoxy) is 2. The van der Waals surface area contributed by atoms with Crippen molar-refractivity contribution in [2.75, 3.05) is 0 Å². The normalized spacial score (nSPS) is 12.2. The summed E-state index contributed by atoms with van der Waals surface area (Å²) in [5, 5.41) is 9.07. The number of carbonyl (C=O) groups is 1. The first kappa shape index (κ1) is 12.4. The number of phenols is 1. The van der Waals surface area contributed by atoms with Gasteiger partial charge in [-0.1, -0.05) is 0 Å². The molecule has 0 spiro atoms. The summed E-state index contributed by atoms with van der Waals surface area (Å²) in [6.07, 6.45) is -0.815. The summed E-state index contributed by atoms with van der Waals surface area (Å²) in [6, 6.07) is 6.18. The van der Waals surface area contributed by atoms with E-state index in [4.69, 9.17) is 14.6 Å². The Labute approximate surface area is 94.8 Å². The van der Waals surface area contributed by atoms with E-state index in [1.165, 1.54) is 12.1 Å². The first-order valence-corrected chi connectivity index (χ1v) is 5.15. The number of carbonyl (C=O) groups excluding carboxylic acids is 1. The highest BCUT2D eigenvalue weighted by Crippen LogP contribution is 2.17. The Balaban J connectivity index is 2.53. The minimum Gasteiger partial charge on any atom is -0.508 e. The maximum atomic E-state index is 11.4. The van der Waals surface area contributed by atoms with Crippen LogP contribution in [0.4, 0.5) is 0 Å². The van der Waals surface area contributed by atoms with Crippen molar-refractivity contribution in [2.24, 2.45) is 0 Å². The lowest BCUT2D eigenvalue weighted by molar-refractivity contribution is -0.154. The molecule has 4 heteroatoms.